The van der Waals surface area contributed by atoms with Crippen LogP contribution in [-0.4, -0.2) is 38.3 Å². The van der Waals surface area contributed by atoms with Gasteiger partial charge in [0.1, 0.15) is 0 Å². The van der Waals surface area contributed by atoms with Gasteiger partial charge in [-0.1, -0.05) is 11.6 Å². The summed E-state index contributed by atoms with van der Waals surface area (Å²) in [6, 6.07) is 6.07. The number of hydrogen-bond donors (Lipinski definition) is 1. The summed E-state index contributed by atoms with van der Waals surface area (Å²) in [5.74, 6) is 0.359. The summed E-state index contributed by atoms with van der Waals surface area (Å²) in [5, 5.41) is 3.39. The van der Waals surface area contributed by atoms with Gasteiger partial charge in [-0.15, -0.1) is 0 Å². The van der Waals surface area contributed by atoms with Crippen molar-refractivity contribution in [2.45, 2.75) is 28.5 Å². The number of ether oxygens (including phenoxy) is 1. The van der Waals surface area contributed by atoms with Gasteiger partial charge in [-0.3, -0.25) is 4.79 Å². The van der Waals surface area contributed by atoms with Gasteiger partial charge in [0.25, 0.3) is 0 Å². The number of benzene rings is 1. The average Bonchev–Trinajstić information content (AvgIpc) is 3.37. The lowest BCUT2D eigenvalue weighted by Gasteiger charge is -2.17. The molecule has 22 heavy (non-hydrogen) atoms. The van der Waals surface area contributed by atoms with Crippen LogP contribution in [0.2, 0.25) is 5.02 Å². The molecule has 1 N–H and O–H groups in total. The zero-order valence-electron chi connectivity index (χ0n) is 11.8. The quantitative estimate of drug-likeness (QED) is 0.898. The molecule has 2 saturated carbocycles. The minimum absolute atomic E-state index is 0.0825. The lowest BCUT2D eigenvalue weighted by Crippen LogP contribution is -2.44. The minimum Gasteiger partial charge on any atom is -0.381 e. The van der Waals surface area contributed by atoms with Crippen LogP contribution in [0.1, 0.15) is 12.8 Å². The third-order valence-corrected chi connectivity index (χ3v) is 7.77. The monoisotopic (exact) mass is 341 g/mol. The van der Waals surface area contributed by atoms with Crippen LogP contribution in [-0.2, 0) is 19.4 Å². The Hall–Kier alpha value is -1.11. The molecule has 3 fully saturated rings. The molecule has 1 unspecified atom stereocenters. The van der Waals surface area contributed by atoms with Gasteiger partial charge in [0, 0.05) is 22.9 Å². The van der Waals surface area contributed by atoms with Gasteiger partial charge < -0.3 is 10.1 Å². The number of nitrogens with one attached hydrogen (secondary N) is 1. The molecule has 1 amide bonds. The molecule has 1 aromatic rings. The molecule has 1 saturated heterocycles. The molecule has 7 heteroatoms. The normalized spacial score (nSPS) is 31.4. The number of fused-ring (bicyclic) bond motifs is 1. The second-order valence-electron chi connectivity index (χ2n) is 6.32. The second-order valence-corrected chi connectivity index (χ2v) is 9.01. The molecule has 4 rings (SSSR count). The third kappa shape index (κ3) is 2.01. The molecule has 1 aromatic carbocycles. The Balaban J connectivity index is 1.55. The van der Waals surface area contributed by atoms with Crippen LogP contribution in [0.5, 0.6) is 0 Å². The maximum atomic E-state index is 12.8. The number of halogens is 1. The first-order chi connectivity index (χ1) is 10.5. The molecular weight excluding hydrogens is 326 g/mol. The van der Waals surface area contributed by atoms with Crippen LogP contribution in [0.3, 0.4) is 0 Å². The molecular formula is C15H16ClNO4S. The van der Waals surface area contributed by atoms with E-state index < -0.39 is 14.6 Å². The van der Waals surface area contributed by atoms with Crippen LogP contribution < -0.4 is 5.32 Å². The molecule has 0 radical (unpaired) electrons. The maximum absolute atomic E-state index is 12.8. The van der Waals surface area contributed by atoms with E-state index in [4.69, 9.17) is 16.3 Å². The zero-order chi connectivity index (χ0) is 15.5. The summed E-state index contributed by atoms with van der Waals surface area (Å²) in [4.78, 5) is 12.7. The topological polar surface area (TPSA) is 72.5 Å². The smallest absolute Gasteiger partial charge is 0.242 e. The number of hydrogen-bond acceptors (Lipinski definition) is 4. The average molecular weight is 342 g/mol. The molecule has 3 aliphatic rings. The number of carbonyl (C=O) groups is 1. The lowest BCUT2D eigenvalue weighted by molar-refractivity contribution is -0.121. The standard InChI is InChI=1S/C15H16ClNO4S/c16-9-1-3-10(4-2-9)22(19,20)15(5-6-15)14(18)17-13-11-7-21-8-12(11)13/h1-4,11-13H,5-8H2,(H,17,18)/t11-,12+,13?. The summed E-state index contributed by atoms with van der Waals surface area (Å²) in [5.41, 5.74) is 0. The Bertz CT molecular complexity index is 716. The molecule has 2 aliphatic carbocycles. The van der Waals surface area contributed by atoms with Gasteiger partial charge >= 0.3 is 0 Å². The Morgan fingerprint density at radius 3 is 2.32 bits per heavy atom. The van der Waals surface area contributed by atoms with E-state index in [2.05, 4.69) is 5.32 Å². The fraction of sp³-hybridized carbons (Fsp3) is 0.533. The van der Waals surface area contributed by atoms with Crippen LogP contribution in [0.15, 0.2) is 29.2 Å². The van der Waals surface area contributed by atoms with Crippen LogP contribution in [0, 0.1) is 11.8 Å². The SMILES string of the molecule is O=C(NC1[C@H]2COC[C@@H]12)C1(S(=O)(=O)c2ccc(Cl)cc2)CC1. The summed E-state index contributed by atoms with van der Waals surface area (Å²) in [6.07, 6.45) is 0.755. The summed E-state index contributed by atoms with van der Waals surface area (Å²) in [7, 11) is -3.69. The van der Waals surface area contributed by atoms with Gasteiger partial charge in [-0.05, 0) is 37.1 Å². The van der Waals surface area contributed by atoms with E-state index in [1.54, 1.807) is 0 Å². The predicted octanol–water partition coefficient (Wildman–Crippen LogP) is 1.41. The van der Waals surface area contributed by atoms with Crippen LogP contribution in [0.25, 0.3) is 0 Å². The van der Waals surface area contributed by atoms with Crippen LogP contribution in [0.4, 0.5) is 0 Å². The largest absolute Gasteiger partial charge is 0.381 e. The van der Waals surface area contributed by atoms with Crippen molar-refractivity contribution >= 4 is 27.3 Å². The van der Waals surface area contributed by atoms with Crippen molar-refractivity contribution in [3.8, 4) is 0 Å². The van der Waals surface area contributed by atoms with E-state index in [1.807, 2.05) is 0 Å². The lowest BCUT2D eigenvalue weighted by atomic mass is 10.3. The van der Waals surface area contributed by atoms with E-state index in [9.17, 15) is 13.2 Å². The third-order valence-electron chi connectivity index (χ3n) is 5.01. The molecule has 0 spiro atoms. The molecule has 0 bridgehead atoms. The zero-order valence-corrected chi connectivity index (χ0v) is 13.4. The molecule has 5 nitrogen and oxygen atoms in total. The highest BCUT2D eigenvalue weighted by atomic mass is 35.5. The summed E-state index contributed by atoms with van der Waals surface area (Å²) < 4.78 is 29.6. The van der Waals surface area contributed by atoms with E-state index in [1.165, 1.54) is 24.3 Å². The van der Waals surface area contributed by atoms with Crippen molar-refractivity contribution < 1.29 is 17.9 Å². The molecule has 3 atom stereocenters. The van der Waals surface area contributed by atoms with E-state index >= 15 is 0 Å². The first-order valence-electron chi connectivity index (χ1n) is 7.35. The highest BCUT2D eigenvalue weighted by Gasteiger charge is 2.64. The Kier molecular flexibility index (Phi) is 3.09. The first-order valence-corrected chi connectivity index (χ1v) is 9.21. The Labute approximate surface area is 133 Å². The van der Waals surface area contributed by atoms with Gasteiger partial charge in [0.2, 0.25) is 5.91 Å². The van der Waals surface area contributed by atoms with E-state index in [0.717, 1.165) is 0 Å². The molecule has 0 aromatic heterocycles. The van der Waals surface area contributed by atoms with Crippen molar-refractivity contribution in [3.63, 3.8) is 0 Å². The van der Waals surface area contributed by atoms with Gasteiger partial charge in [0.15, 0.2) is 14.6 Å². The first kappa shape index (κ1) is 14.5. The van der Waals surface area contributed by atoms with Gasteiger partial charge in [0.05, 0.1) is 18.1 Å². The summed E-state index contributed by atoms with van der Waals surface area (Å²) in [6.45, 7) is 1.32. The number of amides is 1. The molecule has 1 heterocycles. The number of rotatable bonds is 4. The van der Waals surface area contributed by atoms with Crippen LogP contribution >= 0.6 is 11.6 Å². The van der Waals surface area contributed by atoms with Crippen molar-refractivity contribution in [1.82, 2.24) is 5.32 Å². The maximum Gasteiger partial charge on any atom is 0.242 e. The fourth-order valence-corrected chi connectivity index (χ4v) is 5.32. The number of sulfone groups is 1. The van der Waals surface area contributed by atoms with Crippen molar-refractivity contribution in [3.05, 3.63) is 29.3 Å². The van der Waals surface area contributed by atoms with Gasteiger partial charge in [-0.25, -0.2) is 8.42 Å². The van der Waals surface area contributed by atoms with E-state index in [0.29, 0.717) is 42.9 Å². The van der Waals surface area contributed by atoms with E-state index in [-0.39, 0.29) is 16.8 Å². The molecule has 118 valence electrons. The Morgan fingerprint density at radius 1 is 1.18 bits per heavy atom. The minimum atomic E-state index is -3.69. The van der Waals surface area contributed by atoms with Crippen molar-refractivity contribution in [2.75, 3.05) is 13.2 Å². The predicted molar refractivity (Wildman–Crippen MR) is 80.3 cm³/mol. The Morgan fingerprint density at radius 2 is 1.77 bits per heavy atom. The second kappa shape index (κ2) is 4.69. The highest BCUT2D eigenvalue weighted by Crippen LogP contribution is 2.49. The fourth-order valence-electron chi connectivity index (χ4n) is 3.31. The van der Waals surface area contributed by atoms with Crippen molar-refractivity contribution in [1.29, 1.82) is 0 Å². The number of carbonyl (C=O) groups excluding carboxylic acids is 1. The van der Waals surface area contributed by atoms with Crippen molar-refractivity contribution in [2.24, 2.45) is 11.8 Å². The molecule has 1 aliphatic heterocycles. The highest BCUT2D eigenvalue weighted by molar-refractivity contribution is 7.94. The van der Waals surface area contributed by atoms with Gasteiger partial charge in [-0.2, -0.15) is 0 Å². The summed E-state index contributed by atoms with van der Waals surface area (Å²) >= 11 is 5.80.